The van der Waals surface area contributed by atoms with Crippen molar-refractivity contribution in [3.63, 3.8) is 0 Å². The fourth-order valence-electron chi connectivity index (χ4n) is 1.91. The summed E-state index contributed by atoms with van der Waals surface area (Å²) in [4.78, 5) is 3.66. The molecule has 0 spiro atoms. The van der Waals surface area contributed by atoms with Gasteiger partial charge in [-0.3, -0.25) is 5.43 Å². The first-order valence-corrected chi connectivity index (χ1v) is 7.59. The molecular weight excluding hydrogens is 347 g/mol. The Morgan fingerprint density at radius 1 is 1.23 bits per heavy atom. The van der Waals surface area contributed by atoms with Crippen LogP contribution in [-0.2, 0) is 6.18 Å². The largest absolute Gasteiger partial charge is 0.490 e. The van der Waals surface area contributed by atoms with Crippen molar-refractivity contribution in [2.24, 2.45) is 5.10 Å². The van der Waals surface area contributed by atoms with Gasteiger partial charge in [0.1, 0.15) is 12.4 Å². The van der Waals surface area contributed by atoms with Crippen LogP contribution in [0.3, 0.4) is 0 Å². The number of ether oxygens (including phenoxy) is 2. The van der Waals surface area contributed by atoms with Gasteiger partial charge in [-0.05, 0) is 42.8 Å². The van der Waals surface area contributed by atoms with Gasteiger partial charge in [0.25, 0.3) is 0 Å². The van der Waals surface area contributed by atoms with Crippen LogP contribution in [0.2, 0.25) is 0 Å². The molecule has 0 radical (unpaired) electrons. The first-order valence-electron chi connectivity index (χ1n) is 7.59. The fraction of sp³-hybridized carbons (Fsp3) is 0.222. The van der Waals surface area contributed by atoms with E-state index in [9.17, 15) is 13.2 Å². The smallest absolute Gasteiger partial charge is 0.417 e. The third kappa shape index (κ3) is 5.41. The number of anilines is 1. The van der Waals surface area contributed by atoms with Gasteiger partial charge in [-0.15, -0.1) is 6.42 Å². The molecule has 0 saturated heterocycles. The molecule has 1 N–H and O–H groups in total. The average Bonchev–Trinajstić information content (AvgIpc) is 2.61. The molecule has 0 atom stereocenters. The van der Waals surface area contributed by atoms with E-state index in [1.54, 1.807) is 18.2 Å². The summed E-state index contributed by atoms with van der Waals surface area (Å²) in [5.74, 6) is 3.59. The Balaban J connectivity index is 2.05. The Labute approximate surface area is 148 Å². The number of aromatic nitrogens is 1. The fourth-order valence-corrected chi connectivity index (χ4v) is 1.91. The topological polar surface area (TPSA) is 55.7 Å². The maximum Gasteiger partial charge on any atom is 0.417 e. The van der Waals surface area contributed by atoms with E-state index >= 15 is 0 Å². The minimum Gasteiger partial charge on any atom is -0.490 e. The van der Waals surface area contributed by atoms with E-state index in [0.29, 0.717) is 23.7 Å². The monoisotopic (exact) mass is 363 g/mol. The zero-order chi connectivity index (χ0) is 19.0. The second-order valence-corrected chi connectivity index (χ2v) is 4.93. The molecular formula is C18H16F3N3O2. The van der Waals surface area contributed by atoms with Gasteiger partial charge in [0, 0.05) is 6.20 Å². The Bertz CT molecular complexity index is 797. The molecule has 8 heteroatoms. The average molecular weight is 363 g/mol. The summed E-state index contributed by atoms with van der Waals surface area (Å²) in [5, 5.41) is 3.95. The van der Waals surface area contributed by atoms with Crippen molar-refractivity contribution in [1.29, 1.82) is 0 Å². The number of nitrogens with zero attached hydrogens (tertiary/aromatic N) is 2. The first kappa shape index (κ1) is 19.1. The summed E-state index contributed by atoms with van der Waals surface area (Å²) >= 11 is 0. The summed E-state index contributed by atoms with van der Waals surface area (Å²) in [6, 6.07) is 7.26. The molecule has 1 heterocycles. The molecule has 5 nitrogen and oxygen atoms in total. The van der Waals surface area contributed by atoms with E-state index in [0.717, 1.165) is 12.3 Å². The van der Waals surface area contributed by atoms with Crippen molar-refractivity contribution in [3.05, 3.63) is 47.7 Å². The molecule has 26 heavy (non-hydrogen) atoms. The second-order valence-electron chi connectivity index (χ2n) is 4.93. The van der Waals surface area contributed by atoms with E-state index in [-0.39, 0.29) is 12.4 Å². The number of terminal acetylenes is 1. The predicted octanol–water partition coefficient (Wildman–Crippen LogP) is 3.96. The van der Waals surface area contributed by atoms with Crippen LogP contribution in [0.15, 0.2) is 41.6 Å². The number of benzene rings is 1. The number of halogens is 3. The maximum absolute atomic E-state index is 12.5. The van der Waals surface area contributed by atoms with E-state index in [1.165, 1.54) is 12.3 Å². The van der Waals surface area contributed by atoms with Gasteiger partial charge in [0.2, 0.25) is 0 Å². The van der Waals surface area contributed by atoms with E-state index in [4.69, 9.17) is 15.9 Å². The molecule has 1 aromatic carbocycles. The third-order valence-corrected chi connectivity index (χ3v) is 3.06. The number of pyridine rings is 1. The van der Waals surface area contributed by atoms with Gasteiger partial charge in [-0.25, -0.2) is 4.98 Å². The van der Waals surface area contributed by atoms with Crippen LogP contribution in [0.25, 0.3) is 0 Å². The second kappa shape index (κ2) is 8.76. The van der Waals surface area contributed by atoms with E-state index in [1.807, 2.05) is 6.92 Å². The van der Waals surface area contributed by atoms with Crippen molar-refractivity contribution in [3.8, 4) is 23.8 Å². The lowest BCUT2D eigenvalue weighted by atomic mass is 10.2. The lowest BCUT2D eigenvalue weighted by Gasteiger charge is -2.10. The highest BCUT2D eigenvalue weighted by Gasteiger charge is 2.30. The van der Waals surface area contributed by atoms with Crippen molar-refractivity contribution in [1.82, 2.24) is 4.98 Å². The zero-order valence-electron chi connectivity index (χ0n) is 13.9. The minimum atomic E-state index is -4.42. The summed E-state index contributed by atoms with van der Waals surface area (Å²) in [7, 11) is 0. The minimum absolute atomic E-state index is 0.120. The van der Waals surface area contributed by atoms with Crippen LogP contribution in [0.4, 0.5) is 19.0 Å². The van der Waals surface area contributed by atoms with Gasteiger partial charge in [-0.2, -0.15) is 18.3 Å². The molecule has 2 aromatic rings. The summed E-state index contributed by atoms with van der Waals surface area (Å²) < 4.78 is 48.3. The summed E-state index contributed by atoms with van der Waals surface area (Å²) in [5.41, 5.74) is 2.44. The number of hydrazone groups is 1. The Morgan fingerprint density at radius 3 is 2.65 bits per heavy atom. The first-order chi connectivity index (χ1) is 12.4. The lowest BCUT2D eigenvalue weighted by Crippen LogP contribution is -2.05. The molecule has 0 aliphatic rings. The Kier molecular flexibility index (Phi) is 6.44. The molecule has 0 unspecified atom stereocenters. The van der Waals surface area contributed by atoms with Gasteiger partial charge in [-0.1, -0.05) is 5.92 Å². The van der Waals surface area contributed by atoms with Crippen LogP contribution in [-0.4, -0.2) is 24.4 Å². The van der Waals surface area contributed by atoms with Gasteiger partial charge < -0.3 is 9.47 Å². The highest BCUT2D eigenvalue weighted by Crippen LogP contribution is 2.29. The molecule has 1 aromatic heterocycles. The van der Waals surface area contributed by atoms with Crippen molar-refractivity contribution in [2.45, 2.75) is 13.1 Å². The number of hydrogen-bond donors (Lipinski definition) is 1. The molecule has 0 aliphatic heterocycles. The lowest BCUT2D eigenvalue weighted by molar-refractivity contribution is -0.137. The number of rotatable bonds is 7. The predicted molar refractivity (Wildman–Crippen MR) is 92.4 cm³/mol. The molecule has 136 valence electrons. The van der Waals surface area contributed by atoms with Gasteiger partial charge in [0.15, 0.2) is 11.5 Å². The van der Waals surface area contributed by atoms with Crippen molar-refractivity contribution >= 4 is 12.0 Å². The molecule has 0 bridgehead atoms. The highest BCUT2D eigenvalue weighted by molar-refractivity contribution is 5.81. The van der Waals surface area contributed by atoms with E-state index in [2.05, 4.69) is 21.4 Å². The normalized spacial score (nSPS) is 11.2. The molecule has 2 rings (SSSR count). The number of alkyl halides is 3. The zero-order valence-corrected chi connectivity index (χ0v) is 13.9. The van der Waals surface area contributed by atoms with Crippen molar-refractivity contribution in [2.75, 3.05) is 18.6 Å². The van der Waals surface area contributed by atoms with Gasteiger partial charge >= 0.3 is 6.18 Å². The standard InChI is InChI=1S/C18H16F3N3O2/c1-3-9-26-15-7-5-13(10-16(15)25-4-2)11-23-24-17-8-6-14(12-22-17)18(19,20)21/h1,5-8,10-12H,4,9H2,2H3,(H,22,24)/b23-11-. The molecule has 0 saturated carbocycles. The summed E-state index contributed by atoms with van der Waals surface area (Å²) in [6.45, 7) is 2.40. The Morgan fingerprint density at radius 2 is 2.04 bits per heavy atom. The summed E-state index contributed by atoms with van der Waals surface area (Å²) in [6.07, 6.45) is 2.97. The van der Waals surface area contributed by atoms with Crippen LogP contribution in [0.1, 0.15) is 18.1 Å². The van der Waals surface area contributed by atoms with E-state index < -0.39 is 11.7 Å². The van der Waals surface area contributed by atoms with Gasteiger partial charge in [0.05, 0.1) is 18.4 Å². The SMILES string of the molecule is C#CCOc1ccc(/C=N\Nc2ccc(C(F)(F)F)cn2)cc1OCC. The van der Waals surface area contributed by atoms with Crippen LogP contribution in [0, 0.1) is 12.3 Å². The highest BCUT2D eigenvalue weighted by atomic mass is 19.4. The maximum atomic E-state index is 12.5. The Hall–Kier alpha value is -3.21. The van der Waals surface area contributed by atoms with Crippen molar-refractivity contribution < 1.29 is 22.6 Å². The molecule has 0 aliphatic carbocycles. The number of nitrogens with one attached hydrogen (secondary N) is 1. The van der Waals surface area contributed by atoms with Crippen LogP contribution >= 0.6 is 0 Å². The molecule has 0 fully saturated rings. The quantitative estimate of drug-likeness (QED) is 0.460. The third-order valence-electron chi connectivity index (χ3n) is 3.06. The van der Waals surface area contributed by atoms with Crippen LogP contribution < -0.4 is 14.9 Å². The molecule has 0 amide bonds. The van der Waals surface area contributed by atoms with Crippen LogP contribution in [0.5, 0.6) is 11.5 Å². The number of hydrogen-bond acceptors (Lipinski definition) is 5.